The van der Waals surface area contributed by atoms with Crippen LogP contribution in [0, 0.1) is 0 Å². The predicted molar refractivity (Wildman–Crippen MR) is 122 cm³/mol. The molecule has 1 amide bonds. The maximum atomic E-state index is 13.0. The minimum Gasteiger partial charge on any atom is -0.508 e. The SMILES string of the molecule is C=CCN(C(=O)CSc1nnnn1-c1ccc(O)cc1)c1nc(-c2ccccc2)cs1. The molecule has 0 spiro atoms. The summed E-state index contributed by atoms with van der Waals surface area (Å²) in [5, 5.41) is 24.2. The third-order valence-electron chi connectivity index (χ3n) is 4.27. The van der Waals surface area contributed by atoms with E-state index in [9.17, 15) is 9.90 Å². The Morgan fingerprint density at radius 1 is 1.19 bits per heavy atom. The van der Waals surface area contributed by atoms with Gasteiger partial charge >= 0.3 is 0 Å². The number of benzene rings is 2. The van der Waals surface area contributed by atoms with Gasteiger partial charge < -0.3 is 5.11 Å². The summed E-state index contributed by atoms with van der Waals surface area (Å²) in [4.78, 5) is 19.2. The topological polar surface area (TPSA) is 97.0 Å². The molecule has 4 rings (SSSR count). The number of hydrogen-bond acceptors (Lipinski definition) is 8. The third kappa shape index (κ3) is 4.81. The van der Waals surface area contributed by atoms with E-state index in [2.05, 4.69) is 27.1 Å². The van der Waals surface area contributed by atoms with E-state index in [1.807, 2.05) is 35.7 Å². The summed E-state index contributed by atoms with van der Waals surface area (Å²) >= 11 is 2.64. The summed E-state index contributed by atoms with van der Waals surface area (Å²) in [5.74, 6) is 0.158. The maximum absolute atomic E-state index is 13.0. The van der Waals surface area contributed by atoms with Crippen molar-refractivity contribution >= 4 is 34.1 Å². The molecule has 2 aromatic carbocycles. The number of aromatic hydroxyl groups is 1. The van der Waals surface area contributed by atoms with E-state index in [4.69, 9.17) is 0 Å². The van der Waals surface area contributed by atoms with Gasteiger partial charge in [-0.25, -0.2) is 4.98 Å². The fourth-order valence-electron chi connectivity index (χ4n) is 2.77. The fraction of sp³-hybridized carbons (Fsp3) is 0.0952. The van der Waals surface area contributed by atoms with Gasteiger partial charge in [-0.15, -0.1) is 23.0 Å². The van der Waals surface area contributed by atoms with Gasteiger partial charge in [-0.05, 0) is 34.7 Å². The number of phenolic OH excluding ortho intramolecular Hbond substituents is 1. The second kappa shape index (κ2) is 9.54. The van der Waals surface area contributed by atoms with Crippen LogP contribution in [0.3, 0.4) is 0 Å². The van der Waals surface area contributed by atoms with Gasteiger partial charge in [0.2, 0.25) is 11.1 Å². The molecule has 0 fully saturated rings. The van der Waals surface area contributed by atoms with Crippen molar-refractivity contribution in [1.82, 2.24) is 25.2 Å². The molecule has 0 aliphatic rings. The van der Waals surface area contributed by atoms with Crippen LogP contribution in [0.1, 0.15) is 0 Å². The van der Waals surface area contributed by atoms with Gasteiger partial charge in [0, 0.05) is 17.5 Å². The van der Waals surface area contributed by atoms with Gasteiger partial charge in [0.25, 0.3) is 0 Å². The van der Waals surface area contributed by atoms with E-state index in [1.165, 1.54) is 27.8 Å². The Hall–Kier alpha value is -3.50. The average Bonchev–Trinajstić information content (AvgIpc) is 3.47. The van der Waals surface area contributed by atoms with E-state index in [1.54, 1.807) is 35.2 Å². The number of amides is 1. The van der Waals surface area contributed by atoms with Gasteiger partial charge in [0.15, 0.2) is 5.13 Å². The molecule has 156 valence electrons. The van der Waals surface area contributed by atoms with Crippen molar-refractivity contribution in [1.29, 1.82) is 0 Å². The maximum Gasteiger partial charge on any atom is 0.239 e. The first kappa shape index (κ1) is 20.8. The van der Waals surface area contributed by atoms with Crippen LogP contribution in [0.15, 0.2) is 77.8 Å². The van der Waals surface area contributed by atoms with Crippen LogP contribution in [0.25, 0.3) is 16.9 Å². The highest BCUT2D eigenvalue weighted by Crippen LogP contribution is 2.28. The molecular weight excluding hydrogens is 432 g/mol. The number of nitrogens with zero attached hydrogens (tertiary/aromatic N) is 6. The number of thioether (sulfide) groups is 1. The molecule has 31 heavy (non-hydrogen) atoms. The molecule has 0 atom stereocenters. The molecule has 4 aromatic rings. The summed E-state index contributed by atoms with van der Waals surface area (Å²) in [6.45, 7) is 4.11. The molecule has 0 aliphatic carbocycles. The van der Waals surface area contributed by atoms with E-state index in [-0.39, 0.29) is 17.4 Å². The zero-order valence-electron chi connectivity index (χ0n) is 16.3. The number of hydrogen-bond donors (Lipinski definition) is 1. The second-order valence-corrected chi connectivity index (χ2v) is 8.13. The number of carbonyl (C=O) groups excluding carboxylic acids is 1. The second-order valence-electron chi connectivity index (χ2n) is 6.35. The Kier molecular flexibility index (Phi) is 6.39. The lowest BCUT2D eigenvalue weighted by molar-refractivity contribution is -0.116. The zero-order valence-corrected chi connectivity index (χ0v) is 18.0. The molecule has 0 bridgehead atoms. The number of tetrazole rings is 1. The predicted octanol–water partition coefficient (Wildman–Crippen LogP) is 3.80. The van der Waals surface area contributed by atoms with Gasteiger partial charge in [-0.2, -0.15) is 4.68 Å². The smallest absolute Gasteiger partial charge is 0.239 e. The van der Waals surface area contributed by atoms with Crippen molar-refractivity contribution in [3.8, 4) is 22.7 Å². The standard InChI is InChI=1S/C21H18N6O2S2/c1-2-12-26(20-22-18(13-30-20)15-6-4-3-5-7-15)19(29)14-31-21-23-24-25-27(21)16-8-10-17(28)11-9-16/h2-11,13,28H,1,12,14H2. The number of anilines is 1. The number of rotatable bonds is 8. The molecule has 0 saturated carbocycles. The lowest BCUT2D eigenvalue weighted by Crippen LogP contribution is -2.32. The summed E-state index contributed by atoms with van der Waals surface area (Å²) in [6, 6.07) is 16.3. The van der Waals surface area contributed by atoms with Crippen LogP contribution in [0.4, 0.5) is 5.13 Å². The Morgan fingerprint density at radius 3 is 2.71 bits per heavy atom. The zero-order chi connectivity index (χ0) is 21.6. The Morgan fingerprint density at radius 2 is 1.97 bits per heavy atom. The molecular formula is C21H18N6O2S2. The number of phenols is 1. The van der Waals surface area contributed by atoms with E-state index in [0.29, 0.717) is 22.5 Å². The molecule has 10 heteroatoms. The first-order valence-corrected chi connectivity index (χ1v) is 11.1. The van der Waals surface area contributed by atoms with Crippen molar-refractivity contribution in [3.63, 3.8) is 0 Å². The lowest BCUT2D eigenvalue weighted by atomic mass is 10.2. The van der Waals surface area contributed by atoms with Gasteiger partial charge in [-0.3, -0.25) is 9.69 Å². The van der Waals surface area contributed by atoms with Crippen molar-refractivity contribution < 1.29 is 9.90 Å². The van der Waals surface area contributed by atoms with Crippen LogP contribution >= 0.6 is 23.1 Å². The minimum absolute atomic E-state index is 0.126. The van der Waals surface area contributed by atoms with Crippen molar-refractivity contribution in [2.75, 3.05) is 17.2 Å². The molecule has 0 unspecified atom stereocenters. The van der Waals surface area contributed by atoms with Crippen LogP contribution in [-0.4, -0.2) is 48.5 Å². The van der Waals surface area contributed by atoms with Crippen molar-refractivity contribution in [3.05, 3.63) is 72.6 Å². The highest BCUT2D eigenvalue weighted by Gasteiger charge is 2.20. The van der Waals surface area contributed by atoms with Crippen molar-refractivity contribution in [2.24, 2.45) is 0 Å². The molecule has 0 saturated heterocycles. The first-order chi connectivity index (χ1) is 15.2. The summed E-state index contributed by atoms with van der Waals surface area (Å²) in [5.41, 5.74) is 2.51. The van der Waals surface area contributed by atoms with Crippen LogP contribution < -0.4 is 4.90 Å². The van der Waals surface area contributed by atoms with Gasteiger partial charge in [0.05, 0.1) is 17.1 Å². The Balaban J connectivity index is 1.48. The summed E-state index contributed by atoms with van der Waals surface area (Å²) < 4.78 is 1.52. The third-order valence-corrected chi connectivity index (χ3v) is 6.03. The number of thiazole rings is 1. The Labute approximate surface area is 186 Å². The highest BCUT2D eigenvalue weighted by molar-refractivity contribution is 7.99. The van der Waals surface area contributed by atoms with Crippen LogP contribution in [-0.2, 0) is 4.79 Å². The van der Waals surface area contributed by atoms with E-state index >= 15 is 0 Å². The molecule has 8 nitrogen and oxygen atoms in total. The van der Waals surface area contributed by atoms with Crippen LogP contribution in [0.2, 0.25) is 0 Å². The molecule has 2 heterocycles. The van der Waals surface area contributed by atoms with E-state index < -0.39 is 0 Å². The Bertz CT molecular complexity index is 1170. The largest absolute Gasteiger partial charge is 0.508 e. The monoisotopic (exact) mass is 450 g/mol. The van der Waals surface area contributed by atoms with Crippen LogP contribution in [0.5, 0.6) is 5.75 Å². The molecule has 2 aromatic heterocycles. The average molecular weight is 451 g/mol. The van der Waals surface area contributed by atoms with Crippen molar-refractivity contribution in [2.45, 2.75) is 5.16 Å². The number of carbonyl (C=O) groups is 1. The molecule has 1 N–H and O–H groups in total. The normalized spacial score (nSPS) is 10.7. The quantitative estimate of drug-likeness (QED) is 0.322. The summed E-state index contributed by atoms with van der Waals surface area (Å²) in [7, 11) is 0. The van der Waals surface area contributed by atoms with Gasteiger partial charge in [-0.1, -0.05) is 48.2 Å². The minimum atomic E-state index is -0.126. The highest BCUT2D eigenvalue weighted by atomic mass is 32.2. The van der Waals surface area contributed by atoms with Gasteiger partial charge in [0.1, 0.15) is 5.75 Å². The van der Waals surface area contributed by atoms with E-state index in [0.717, 1.165) is 11.3 Å². The molecule has 0 aliphatic heterocycles. The first-order valence-electron chi connectivity index (χ1n) is 9.28. The summed E-state index contributed by atoms with van der Waals surface area (Å²) in [6.07, 6.45) is 1.67. The lowest BCUT2D eigenvalue weighted by Gasteiger charge is -2.17. The fourth-order valence-corrected chi connectivity index (χ4v) is 4.40. The molecule has 0 radical (unpaired) electrons. The number of aromatic nitrogens is 5.